The van der Waals surface area contributed by atoms with Crippen molar-refractivity contribution in [1.29, 1.82) is 0 Å². The molecule has 1 aliphatic carbocycles. The van der Waals surface area contributed by atoms with E-state index in [9.17, 15) is 13.2 Å². The van der Waals surface area contributed by atoms with Crippen LogP contribution in [0, 0.1) is 6.92 Å². The number of ether oxygens (including phenoxy) is 1. The van der Waals surface area contributed by atoms with Gasteiger partial charge in [-0.3, -0.25) is 4.68 Å². The molecule has 1 heterocycles. The summed E-state index contributed by atoms with van der Waals surface area (Å²) in [6.45, 7) is 1.94. The zero-order valence-electron chi connectivity index (χ0n) is 13.4. The lowest BCUT2D eigenvalue weighted by molar-refractivity contribution is -0.274. The van der Waals surface area contributed by atoms with Crippen LogP contribution in [0.2, 0.25) is 0 Å². The molecular formula is C17H18F3N3O. The lowest BCUT2D eigenvalue weighted by Gasteiger charge is -2.13. The number of halogens is 3. The lowest BCUT2D eigenvalue weighted by Crippen LogP contribution is -2.17. The van der Waals surface area contributed by atoms with Gasteiger partial charge in [-0.25, -0.2) is 0 Å². The van der Waals surface area contributed by atoms with Crippen LogP contribution in [0.15, 0.2) is 30.3 Å². The molecule has 128 valence electrons. The Morgan fingerprint density at radius 2 is 1.92 bits per heavy atom. The molecule has 1 aromatic carbocycles. The number of benzene rings is 1. The van der Waals surface area contributed by atoms with Crippen molar-refractivity contribution in [2.45, 2.75) is 32.0 Å². The monoisotopic (exact) mass is 337 g/mol. The SMILES string of the molecule is Cc1c(C2=CCC(c3ccc(OC(F)(F)F)cc3)C2)nn(C)c1N. The van der Waals surface area contributed by atoms with Crippen LogP contribution in [0.5, 0.6) is 5.75 Å². The molecule has 0 saturated heterocycles. The van der Waals surface area contributed by atoms with Crippen molar-refractivity contribution in [3.8, 4) is 5.75 Å². The molecule has 0 amide bonds. The Hall–Kier alpha value is -2.44. The molecule has 2 aromatic rings. The first-order valence-electron chi connectivity index (χ1n) is 7.59. The largest absolute Gasteiger partial charge is 0.573 e. The van der Waals surface area contributed by atoms with Crippen LogP contribution in [-0.4, -0.2) is 16.1 Å². The topological polar surface area (TPSA) is 53.1 Å². The van der Waals surface area contributed by atoms with Gasteiger partial charge in [0.15, 0.2) is 0 Å². The number of allylic oxidation sites excluding steroid dienone is 2. The minimum atomic E-state index is -4.67. The van der Waals surface area contributed by atoms with Crippen molar-refractivity contribution in [2.24, 2.45) is 7.05 Å². The molecule has 1 unspecified atom stereocenters. The fourth-order valence-corrected chi connectivity index (χ4v) is 3.05. The molecule has 0 saturated carbocycles. The van der Waals surface area contributed by atoms with Gasteiger partial charge in [-0.15, -0.1) is 13.2 Å². The van der Waals surface area contributed by atoms with E-state index in [1.165, 1.54) is 12.1 Å². The Kier molecular flexibility index (Phi) is 4.03. The average molecular weight is 337 g/mol. The third-order valence-corrected chi connectivity index (χ3v) is 4.34. The van der Waals surface area contributed by atoms with Gasteiger partial charge in [-0.2, -0.15) is 5.10 Å². The van der Waals surface area contributed by atoms with Crippen LogP contribution >= 0.6 is 0 Å². The Bertz CT molecular complexity index is 776. The average Bonchev–Trinajstić information content (AvgIpc) is 3.08. The highest BCUT2D eigenvalue weighted by Crippen LogP contribution is 2.40. The number of hydrogen-bond donors (Lipinski definition) is 1. The van der Waals surface area contributed by atoms with Crippen LogP contribution in [0.4, 0.5) is 19.0 Å². The van der Waals surface area contributed by atoms with Crippen molar-refractivity contribution in [3.05, 3.63) is 47.2 Å². The summed E-state index contributed by atoms with van der Waals surface area (Å²) in [6.07, 6.45) is -0.929. The van der Waals surface area contributed by atoms with Gasteiger partial charge in [0, 0.05) is 12.6 Å². The van der Waals surface area contributed by atoms with Crippen LogP contribution in [0.1, 0.15) is 35.6 Å². The first-order chi connectivity index (χ1) is 11.2. The first kappa shape index (κ1) is 16.4. The van der Waals surface area contributed by atoms with E-state index in [4.69, 9.17) is 5.73 Å². The van der Waals surface area contributed by atoms with Gasteiger partial charge >= 0.3 is 6.36 Å². The van der Waals surface area contributed by atoms with Crippen molar-refractivity contribution < 1.29 is 17.9 Å². The Morgan fingerprint density at radius 1 is 1.25 bits per heavy atom. The van der Waals surface area contributed by atoms with Crippen molar-refractivity contribution in [3.63, 3.8) is 0 Å². The Labute approximate surface area is 137 Å². The third kappa shape index (κ3) is 3.25. The maximum atomic E-state index is 12.2. The molecule has 0 fully saturated rings. The third-order valence-electron chi connectivity index (χ3n) is 4.34. The predicted octanol–water partition coefficient (Wildman–Crippen LogP) is 4.17. The zero-order valence-corrected chi connectivity index (χ0v) is 13.4. The van der Waals surface area contributed by atoms with Crippen molar-refractivity contribution in [2.75, 3.05) is 5.73 Å². The van der Waals surface area contributed by atoms with Crippen LogP contribution in [0.3, 0.4) is 0 Å². The molecule has 0 spiro atoms. The summed E-state index contributed by atoms with van der Waals surface area (Å²) in [4.78, 5) is 0. The van der Waals surface area contributed by atoms with Gasteiger partial charge in [0.05, 0.1) is 5.69 Å². The van der Waals surface area contributed by atoms with Gasteiger partial charge in [0.25, 0.3) is 0 Å². The van der Waals surface area contributed by atoms with E-state index in [-0.39, 0.29) is 11.7 Å². The molecule has 2 N–H and O–H groups in total. The molecular weight excluding hydrogens is 319 g/mol. The van der Waals surface area contributed by atoms with E-state index in [1.807, 2.05) is 6.92 Å². The van der Waals surface area contributed by atoms with Crippen molar-refractivity contribution in [1.82, 2.24) is 9.78 Å². The number of nitrogen functional groups attached to an aromatic ring is 1. The summed E-state index contributed by atoms with van der Waals surface area (Å²) >= 11 is 0. The molecule has 0 aliphatic heterocycles. The normalized spacial score (nSPS) is 17.9. The van der Waals surface area contributed by atoms with E-state index in [0.717, 1.165) is 35.2 Å². The maximum Gasteiger partial charge on any atom is 0.573 e. The number of anilines is 1. The summed E-state index contributed by atoms with van der Waals surface area (Å²) < 4.78 is 42.2. The molecule has 1 atom stereocenters. The van der Waals surface area contributed by atoms with Gasteiger partial charge in [0.1, 0.15) is 11.6 Å². The summed E-state index contributed by atoms with van der Waals surface area (Å²) in [5, 5.41) is 4.45. The van der Waals surface area contributed by atoms with Gasteiger partial charge in [0.2, 0.25) is 0 Å². The van der Waals surface area contributed by atoms with E-state index in [0.29, 0.717) is 5.82 Å². The maximum absolute atomic E-state index is 12.2. The van der Waals surface area contributed by atoms with Crippen molar-refractivity contribution >= 4 is 11.4 Å². The number of hydrogen-bond acceptors (Lipinski definition) is 3. The number of nitrogens with two attached hydrogens (primary N) is 1. The molecule has 3 rings (SSSR count). The molecule has 4 nitrogen and oxygen atoms in total. The highest BCUT2D eigenvalue weighted by molar-refractivity contribution is 5.71. The molecule has 24 heavy (non-hydrogen) atoms. The highest BCUT2D eigenvalue weighted by atomic mass is 19.4. The van der Waals surface area contributed by atoms with Crippen LogP contribution < -0.4 is 10.5 Å². The number of aromatic nitrogens is 2. The summed E-state index contributed by atoms with van der Waals surface area (Å²) in [5.41, 5.74) is 9.91. The van der Waals surface area contributed by atoms with Crippen LogP contribution in [-0.2, 0) is 7.05 Å². The van der Waals surface area contributed by atoms with Gasteiger partial charge in [-0.1, -0.05) is 18.2 Å². The molecule has 0 bridgehead atoms. The zero-order chi connectivity index (χ0) is 17.5. The number of rotatable bonds is 3. The van der Waals surface area contributed by atoms with E-state index < -0.39 is 6.36 Å². The van der Waals surface area contributed by atoms with Gasteiger partial charge in [-0.05, 0) is 49.0 Å². The first-order valence-corrected chi connectivity index (χ1v) is 7.59. The van der Waals surface area contributed by atoms with Crippen LogP contribution in [0.25, 0.3) is 5.57 Å². The van der Waals surface area contributed by atoms with Gasteiger partial charge < -0.3 is 10.5 Å². The lowest BCUT2D eigenvalue weighted by atomic mass is 9.94. The fourth-order valence-electron chi connectivity index (χ4n) is 3.05. The minimum Gasteiger partial charge on any atom is -0.406 e. The number of nitrogens with zero attached hydrogens (tertiary/aromatic N) is 2. The molecule has 1 aromatic heterocycles. The summed E-state index contributed by atoms with van der Waals surface area (Å²) in [5.74, 6) is 0.663. The quantitative estimate of drug-likeness (QED) is 0.914. The summed E-state index contributed by atoms with van der Waals surface area (Å²) in [7, 11) is 1.80. The second-order valence-corrected chi connectivity index (χ2v) is 5.97. The Morgan fingerprint density at radius 3 is 2.46 bits per heavy atom. The van der Waals surface area contributed by atoms with E-state index in [1.54, 1.807) is 23.9 Å². The second-order valence-electron chi connectivity index (χ2n) is 5.97. The Balaban J connectivity index is 1.72. The van der Waals surface area contributed by atoms with E-state index >= 15 is 0 Å². The predicted molar refractivity (Wildman–Crippen MR) is 85.4 cm³/mol. The highest BCUT2D eigenvalue weighted by Gasteiger charge is 2.31. The number of aryl methyl sites for hydroxylation is 1. The number of alkyl halides is 3. The van der Waals surface area contributed by atoms with E-state index in [2.05, 4.69) is 15.9 Å². The fraction of sp³-hybridized carbons (Fsp3) is 0.353. The summed E-state index contributed by atoms with van der Waals surface area (Å²) in [6, 6.07) is 6.07. The molecule has 7 heteroatoms. The smallest absolute Gasteiger partial charge is 0.406 e. The standard InChI is InChI=1S/C17H18F3N3O/c1-10-15(22-23(2)16(10)21)13-4-3-12(9-13)11-5-7-14(8-6-11)24-17(18,19)20/h4-8,12H,3,9,21H2,1-2H3. The molecule has 1 aliphatic rings. The second kappa shape index (κ2) is 5.89. The molecule has 0 radical (unpaired) electrons. The minimum absolute atomic E-state index is 0.203.